The molecular formula is C9H7Cl2F3N2O3. The Morgan fingerprint density at radius 2 is 1.74 bits per heavy atom. The largest absolute Gasteiger partial charge is 0.490 e. The van der Waals surface area contributed by atoms with E-state index in [1.807, 2.05) is 0 Å². The van der Waals surface area contributed by atoms with Crippen LogP contribution in [0, 0.1) is 0 Å². The number of carboxylic acids is 1. The number of carbonyl (C=O) groups is 2. The molecular weight excluding hydrogens is 312 g/mol. The standard InChI is InChI=1S/C7H6Cl2N2O.C2HF3O2/c8-4-2-1-3-5(6(4)9)11-7(10)12;3-2(4,5)1(6)7/h1-3H,(H3,10,11,12);(H,6,7). The van der Waals surface area contributed by atoms with Crippen molar-refractivity contribution in [1.29, 1.82) is 0 Å². The van der Waals surface area contributed by atoms with Crippen LogP contribution in [0.15, 0.2) is 18.2 Å². The van der Waals surface area contributed by atoms with Crippen LogP contribution in [0.1, 0.15) is 0 Å². The fraction of sp³-hybridized carbons (Fsp3) is 0.111. The Morgan fingerprint density at radius 3 is 2.11 bits per heavy atom. The van der Waals surface area contributed by atoms with Gasteiger partial charge in [-0.05, 0) is 12.1 Å². The quantitative estimate of drug-likeness (QED) is 0.742. The highest BCUT2D eigenvalue weighted by molar-refractivity contribution is 6.43. The van der Waals surface area contributed by atoms with E-state index in [4.69, 9.17) is 38.8 Å². The minimum absolute atomic E-state index is 0.290. The van der Waals surface area contributed by atoms with Crippen LogP contribution in [-0.4, -0.2) is 23.3 Å². The molecule has 2 amide bonds. The minimum atomic E-state index is -5.08. The molecule has 1 aromatic carbocycles. The van der Waals surface area contributed by atoms with Crippen molar-refractivity contribution in [3.05, 3.63) is 28.2 Å². The van der Waals surface area contributed by atoms with E-state index in [0.29, 0.717) is 10.7 Å². The molecule has 0 radical (unpaired) electrons. The molecule has 106 valence electrons. The number of halogens is 5. The molecule has 0 aromatic heterocycles. The van der Waals surface area contributed by atoms with Crippen molar-refractivity contribution in [3.63, 3.8) is 0 Å². The first-order chi connectivity index (χ1) is 8.55. The van der Waals surface area contributed by atoms with Gasteiger partial charge >= 0.3 is 18.2 Å². The highest BCUT2D eigenvalue weighted by Gasteiger charge is 2.38. The molecule has 0 atom stereocenters. The van der Waals surface area contributed by atoms with E-state index in [1.54, 1.807) is 18.2 Å². The van der Waals surface area contributed by atoms with Crippen molar-refractivity contribution in [2.24, 2.45) is 5.73 Å². The van der Waals surface area contributed by atoms with E-state index in [2.05, 4.69) is 5.32 Å². The second-order valence-electron chi connectivity index (χ2n) is 2.89. The Bertz CT molecular complexity index is 480. The molecule has 1 rings (SSSR count). The Balaban J connectivity index is 0.000000399. The molecule has 0 aliphatic heterocycles. The summed E-state index contributed by atoms with van der Waals surface area (Å²) in [6.45, 7) is 0. The summed E-state index contributed by atoms with van der Waals surface area (Å²) in [6, 6.07) is 4.23. The zero-order chi connectivity index (χ0) is 15.2. The van der Waals surface area contributed by atoms with Crippen molar-refractivity contribution < 1.29 is 27.9 Å². The number of anilines is 1. The van der Waals surface area contributed by atoms with E-state index in [9.17, 15) is 18.0 Å². The van der Waals surface area contributed by atoms with Crippen molar-refractivity contribution in [3.8, 4) is 0 Å². The molecule has 4 N–H and O–H groups in total. The molecule has 0 saturated carbocycles. The van der Waals surface area contributed by atoms with Gasteiger partial charge in [-0.15, -0.1) is 0 Å². The van der Waals surface area contributed by atoms with Gasteiger partial charge in [0, 0.05) is 0 Å². The van der Waals surface area contributed by atoms with E-state index >= 15 is 0 Å². The van der Waals surface area contributed by atoms with Crippen molar-refractivity contribution in [2.75, 3.05) is 5.32 Å². The van der Waals surface area contributed by atoms with Crippen molar-refractivity contribution in [2.45, 2.75) is 6.18 Å². The van der Waals surface area contributed by atoms with E-state index in [1.165, 1.54) is 0 Å². The summed E-state index contributed by atoms with van der Waals surface area (Å²) in [4.78, 5) is 19.3. The van der Waals surface area contributed by atoms with Gasteiger partial charge in [-0.2, -0.15) is 13.2 Å². The molecule has 0 fully saturated rings. The Hall–Kier alpha value is -1.67. The number of carbonyl (C=O) groups excluding carboxylic acids is 1. The van der Waals surface area contributed by atoms with Crippen LogP contribution < -0.4 is 11.1 Å². The lowest BCUT2D eigenvalue weighted by Crippen LogP contribution is -2.21. The molecule has 0 aliphatic rings. The second kappa shape index (κ2) is 7.05. The third-order valence-corrected chi connectivity index (χ3v) is 2.27. The van der Waals surface area contributed by atoms with Crippen LogP contribution in [0.2, 0.25) is 10.0 Å². The normalized spacial score (nSPS) is 10.2. The molecule has 19 heavy (non-hydrogen) atoms. The fourth-order valence-corrected chi connectivity index (χ4v) is 1.08. The lowest BCUT2D eigenvalue weighted by molar-refractivity contribution is -0.192. The van der Waals surface area contributed by atoms with Gasteiger partial charge in [0.1, 0.15) is 0 Å². The summed E-state index contributed by atoms with van der Waals surface area (Å²) in [5.41, 5.74) is 5.31. The highest BCUT2D eigenvalue weighted by atomic mass is 35.5. The minimum Gasteiger partial charge on any atom is -0.475 e. The van der Waals surface area contributed by atoms with Crippen LogP contribution in [-0.2, 0) is 4.79 Å². The molecule has 1 aromatic rings. The van der Waals surface area contributed by atoms with Gasteiger partial charge < -0.3 is 16.2 Å². The lowest BCUT2D eigenvalue weighted by Gasteiger charge is -2.04. The first kappa shape index (κ1) is 17.3. The number of nitrogens with two attached hydrogens (primary N) is 1. The van der Waals surface area contributed by atoms with Crippen LogP contribution >= 0.6 is 23.2 Å². The molecule has 0 bridgehead atoms. The monoisotopic (exact) mass is 318 g/mol. The third kappa shape index (κ3) is 6.73. The number of hydrogen-bond acceptors (Lipinski definition) is 2. The summed E-state index contributed by atoms with van der Waals surface area (Å²) in [7, 11) is 0. The zero-order valence-corrected chi connectivity index (χ0v) is 10.5. The molecule has 0 aliphatic carbocycles. The second-order valence-corrected chi connectivity index (χ2v) is 3.68. The maximum atomic E-state index is 10.6. The number of hydrogen-bond donors (Lipinski definition) is 3. The number of rotatable bonds is 1. The first-order valence-electron chi connectivity index (χ1n) is 4.36. The number of carboxylic acid groups (broad SMARTS) is 1. The SMILES string of the molecule is NC(=O)Nc1cccc(Cl)c1Cl.O=C(O)C(F)(F)F. The first-order valence-corrected chi connectivity index (χ1v) is 5.12. The molecule has 0 saturated heterocycles. The smallest absolute Gasteiger partial charge is 0.475 e. The van der Waals surface area contributed by atoms with Crippen molar-refractivity contribution in [1.82, 2.24) is 0 Å². The number of amides is 2. The lowest BCUT2D eigenvalue weighted by atomic mass is 10.3. The number of alkyl halides is 3. The van der Waals surface area contributed by atoms with E-state index in [0.717, 1.165) is 0 Å². The Morgan fingerprint density at radius 1 is 1.26 bits per heavy atom. The van der Waals surface area contributed by atoms with Gasteiger partial charge in [0.25, 0.3) is 0 Å². The summed E-state index contributed by atoms with van der Waals surface area (Å²) < 4.78 is 31.7. The van der Waals surface area contributed by atoms with Gasteiger partial charge in [-0.3, -0.25) is 0 Å². The predicted octanol–water partition coefficient (Wildman–Crippen LogP) is 3.12. The summed E-state index contributed by atoms with van der Waals surface area (Å²) in [6.07, 6.45) is -5.08. The van der Waals surface area contributed by atoms with E-state index in [-0.39, 0.29) is 5.02 Å². The number of primary amides is 1. The van der Waals surface area contributed by atoms with Crippen LogP contribution in [0.25, 0.3) is 0 Å². The maximum absolute atomic E-state index is 10.6. The molecule has 0 spiro atoms. The topological polar surface area (TPSA) is 92.4 Å². The zero-order valence-electron chi connectivity index (χ0n) is 8.96. The van der Waals surface area contributed by atoms with Crippen LogP contribution in [0.3, 0.4) is 0 Å². The molecule has 0 heterocycles. The molecule has 5 nitrogen and oxygen atoms in total. The average molecular weight is 319 g/mol. The number of aliphatic carboxylic acids is 1. The summed E-state index contributed by atoms with van der Waals surface area (Å²) in [5.74, 6) is -2.76. The summed E-state index contributed by atoms with van der Waals surface area (Å²) >= 11 is 11.4. The molecule has 10 heteroatoms. The average Bonchev–Trinajstić information content (AvgIpc) is 2.23. The third-order valence-electron chi connectivity index (χ3n) is 1.45. The number of nitrogens with one attached hydrogen (secondary N) is 1. The Labute approximate surface area is 115 Å². The van der Waals surface area contributed by atoms with Gasteiger partial charge in [0.15, 0.2) is 0 Å². The van der Waals surface area contributed by atoms with Gasteiger partial charge in [-0.1, -0.05) is 29.3 Å². The van der Waals surface area contributed by atoms with Crippen LogP contribution in [0.5, 0.6) is 0 Å². The summed E-state index contributed by atoms with van der Waals surface area (Å²) in [5, 5.41) is 10.1. The van der Waals surface area contributed by atoms with E-state index < -0.39 is 18.2 Å². The van der Waals surface area contributed by atoms with Gasteiger partial charge in [0.05, 0.1) is 15.7 Å². The Kier molecular flexibility index (Phi) is 6.43. The molecule has 0 unspecified atom stereocenters. The van der Waals surface area contributed by atoms with Crippen molar-refractivity contribution >= 4 is 40.9 Å². The van der Waals surface area contributed by atoms with Crippen LogP contribution in [0.4, 0.5) is 23.7 Å². The van der Waals surface area contributed by atoms with Gasteiger partial charge in [0.2, 0.25) is 0 Å². The fourth-order valence-electron chi connectivity index (χ4n) is 0.733. The highest BCUT2D eigenvalue weighted by Crippen LogP contribution is 2.29. The number of urea groups is 1. The maximum Gasteiger partial charge on any atom is 0.490 e. The predicted molar refractivity (Wildman–Crippen MR) is 63.4 cm³/mol. The van der Waals surface area contributed by atoms with Gasteiger partial charge in [-0.25, -0.2) is 9.59 Å². The number of benzene rings is 1.